The first-order valence-corrected chi connectivity index (χ1v) is 10.1. The van der Waals surface area contributed by atoms with Crippen molar-refractivity contribution in [3.63, 3.8) is 0 Å². The van der Waals surface area contributed by atoms with Crippen LogP contribution in [0.25, 0.3) is 11.0 Å². The van der Waals surface area contributed by atoms with Crippen LogP contribution in [0.4, 0.5) is 20.6 Å². The molecule has 0 spiro atoms. The van der Waals surface area contributed by atoms with Crippen molar-refractivity contribution >= 4 is 40.3 Å². The number of esters is 1. The highest BCUT2D eigenvalue weighted by molar-refractivity contribution is 6.00. The molecule has 2 aromatic carbocycles. The fourth-order valence-corrected chi connectivity index (χ4v) is 3.61. The van der Waals surface area contributed by atoms with Gasteiger partial charge in [0.15, 0.2) is 0 Å². The minimum absolute atomic E-state index is 0.141. The predicted molar refractivity (Wildman–Crippen MR) is 115 cm³/mol. The third-order valence-corrected chi connectivity index (χ3v) is 5.06. The maximum atomic E-state index is 13.5. The molecule has 1 unspecified atom stereocenters. The number of nitrogens with one attached hydrogen (secondary N) is 2. The highest BCUT2D eigenvalue weighted by Crippen LogP contribution is 2.34. The molecule has 2 heterocycles. The molecule has 1 aliphatic heterocycles. The summed E-state index contributed by atoms with van der Waals surface area (Å²) in [6.07, 6.45) is -0.793. The zero-order chi connectivity index (χ0) is 23.5. The van der Waals surface area contributed by atoms with E-state index in [1.807, 2.05) is 0 Å². The Balaban J connectivity index is 1.55. The Bertz CT molecular complexity index is 1320. The van der Waals surface area contributed by atoms with E-state index in [0.29, 0.717) is 22.2 Å². The van der Waals surface area contributed by atoms with E-state index >= 15 is 0 Å². The van der Waals surface area contributed by atoms with Crippen molar-refractivity contribution < 1.29 is 32.7 Å². The lowest BCUT2D eigenvalue weighted by atomic mass is 9.90. The lowest BCUT2D eigenvalue weighted by Crippen LogP contribution is -2.28. The number of anilines is 2. The van der Waals surface area contributed by atoms with Gasteiger partial charge < -0.3 is 19.2 Å². The summed E-state index contributed by atoms with van der Waals surface area (Å²) in [6.45, 7) is 1.62. The summed E-state index contributed by atoms with van der Waals surface area (Å²) in [6, 6.07) is 9.62. The van der Waals surface area contributed by atoms with E-state index in [2.05, 4.69) is 10.6 Å². The number of ether oxygens (including phenoxy) is 2. The highest BCUT2D eigenvalue weighted by Gasteiger charge is 2.32. The van der Waals surface area contributed by atoms with Crippen molar-refractivity contribution in [1.29, 1.82) is 0 Å². The highest BCUT2D eigenvalue weighted by atomic mass is 19.1. The Morgan fingerprint density at radius 2 is 1.97 bits per heavy atom. The Labute approximate surface area is 186 Å². The number of carbonyl (C=O) groups is 3. The minimum Gasteiger partial charge on any atom is -0.460 e. The monoisotopic (exact) mass is 454 g/mol. The summed E-state index contributed by atoms with van der Waals surface area (Å²) in [7, 11) is 0. The van der Waals surface area contributed by atoms with Gasteiger partial charge in [-0.1, -0.05) is 6.07 Å². The second-order valence-electron chi connectivity index (χ2n) is 7.29. The average molecular weight is 454 g/mol. The summed E-state index contributed by atoms with van der Waals surface area (Å²) in [5.41, 5.74) is 0.932. The van der Waals surface area contributed by atoms with Crippen LogP contribution in [0.2, 0.25) is 0 Å². The Morgan fingerprint density at radius 3 is 2.76 bits per heavy atom. The van der Waals surface area contributed by atoms with Gasteiger partial charge in [-0.15, -0.1) is 0 Å². The molecule has 4 rings (SSSR count). The smallest absolute Gasteiger partial charge is 0.411 e. The van der Waals surface area contributed by atoms with Crippen molar-refractivity contribution in [3.8, 4) is 0 Å². The molecule has 3 aromatic rings. The summed E-state index contributed by atoms with van der Waals surface area (Å²) in [4.78, 5) is 48.3. The van der Waals surface area contributed by atoms with Gasteiger partial charge in [0.1, 0.15) is 18.0 Å². The third-order valence-electron chi connectivity index (χ3n) is 5.06. The first-order chi connectivity index (χ1) is 15.8. The van der Waals surface area contributed by atoms with Gasteiger partial charge in [-0.3, -0.25) is 14.9 Å². The molecule has 1 aromatic heterocycles. The van der Waals surface area contributed by atoms with Crippen LogP contribution in [-0.2, 0) is 25.7 Å². The van der Waals surface area contributed by atoms with Crippen LogP contribution >= 0.6 is 0 Å². The molecule has 2 amide bonds. The lowest BCUT2D eigenvalue weighted by molar-refractivity contribution is -0.148. The van der Waals surface area contributed by atoms with Gasteiger partial charge >= 0.3 is 17.7 Å². The molecule has 0 aliphatic carbocycles. The molecule has 0 bridgehead atoms. The van der Waals surface area contributed by atoms with E-state index in [-0.39, 0.29) is 30.9 Å². The molecule has 9 nitrogen and oxygen atoms in total. The van der Waals surface area contributed by atoms with Crippen molar-refractivity contribution in [2.75, 3.05) is 17.2 Å². The second kappa shape index (κ2) is 9.11. The number of fused-ring (bicyclic) bond motifs is 2. The van der Waals surface area contributed by atoms with E-state index in [0.717, 1.165) is 6.07 Å². The zero-order valence-corrected chi connectivity index (χ0v) is 17.5. The fraction of sp³-hybridized carbons (Fsp3) is 0.217. The third kappa shape index (κ3) is 4.84. The number of hydrogen-bond donors (Lipinski definition) is 2. The van der Waals surface area contributed by atoms with Crippen LogP contribution in [0.15, 0.2) is 51.7 Å². The number of halogens is 1. The fourth-order valence-electron chi connectivity index (χ4n) is 3.61. The van der Waals surface area contributed by atoms with Gasteiger partial charge in [0.25, 0.3) is 0 Å². The maximum Gasteiger partial charge on any atom is 0.411 e. The van der Waals surface area contributed by atoms with Gasteiger partial charge in [-0.2, -0.15) is 0 Å². The first kappa shape index (κ1) is 22.0. The lowest BCUT2D eigenvalue weighted by Gasteiger charge is -2.24. The number of benzene rings is 2. The van der Waals surface area contributed by atoms with Gasteiger partial charge in [0.05, 0.1) is 12.5 Å². The molecular weight excluding hydrogens is 435 g/mol. The molecule has 0 radical (unpaired) electrons. The van der Waals surface area contributed by atoms with E-state index in [9.17, 15) is 23.6 Å². The Hall–Kier alpha value is -4.21. The second-order valence-corrected chi connectivity index (χ2v) is 7.29. The van der Waals surface area contributed by atoms with Crippen LogP contribution in [-0.4, -0.2) is 24.6 Å². The molecule has 1 aliphatic rings. The average Bonchev–Trinajstić information content (AvgIpc) is 2.76. The molecule has 0 saturated carbocycles. The van der Waals surface area contributed by atoms with Gasteiger partial charge in [0, 0.05) is 40.9 Å². The number of hydrogen-bond acceptors (Lipinski definition) is 7. The molecule has 0 fully saturated rings. The molecule has 1 atom stereocenters. The van der Waals surface area contributed by atoms with Gasteiger partial charge in [0.2, 0.25) is 5.91 Å². The Kier molecular flexibility index (Phi) is 6.07. The normalized spacial score (nSPS) is 14.8. The number of amides is 2. The number of rotatable bonds is 5. The first-order valence-electron chi connectivity index (χ1n) is 10.1. The minimum atomic E-state index is -0.902. The maximum absolute atomic E-state index is 13.5. The summed E-state index contributed by atoms with van der Waals surface area (Å²) in [5.74, 6) is -2.55. The SMILES string of the molecule is CCOC(=O)Nc1ccc2c(COC(=O)C3CC(=O)Nc4cc(F)ccc43)cc(=O)oc2c1. The van der Waals surface area contributed by atoms with Gasteiger partial charge in [-0.25, -0.2) is 14.0 Å². The molecular formula is C23H19FN2O7. The quantitative estimate of drug-likeness (QED) is 0.445. The van der Waals surface area contributed by atoms with Crippen LogP contribution < -0.4 is 16.3 Å². The van der Waals surface area contributed by atoms with E-state index in [1.165, 1.54) is 24.3 Å². The standard InChI is InChI=1S/C23H19FN2O7/c1-2-31-23(30)25-14-4-6-15-12(7-21(28)33-19(15)9-14)11-32-22(29)17-10-20(27)26-18-8-13(24)3-5-16(17)18/h3-9,17H,2,10-11H2,1H3,(H,25,30)(H,26,27). The van der Waals surface area contributed by atoms with Crippen molar-refractivity contribution in [2.45, 2.75) is 25.9 Å². The van der Waals surface area contributed by atoms with Gasteiger partial charge in [-0.05, 0) is 36.8 Å². The summed E-state index contributed by atoms with van der Waals surface area (Å²) < 4.78 is 28.9. The molecule has 10 heteroatoms. The van der Waals surface area contributed by atoms with E-state index in [4.69, 9.17) is 13.9 Å². The van der Waals surface area contributed by atoms with Crippen LogP contribution in [0.5, 0.6) is 0 Å². The van der Waals surface area contributed by atoms with Crippen LogP contribution in [0.1, 0.15) is 30.4 Å². The van der Waals surface area contributed by atoms with Crippen molar-refractivity contribution in [3.05, 3.63) is 69.8 Å². The van der Waals surface area contributed by atoms with Crippen molar-refractivity contribution in [1.82, 2.24) is 0 Å². The number of carbonyl (C=O) groups excluding carboxylic acids is 3. The topological polar surface area (TPSA) is 124 Å². The van der Waals surface area contributed by atoms with Crippen molar-refractivity contribution in [2.24, 2.45) is 0 Å². The summed E-state index contributed by atoms with van der Waals surface area (Å²) >= 11 is 0. The van der Waals surface area contributed by atoms with Crippen LogP contribution in [0.3, 0.4) is 0 Å². The molecule has 33 heavy (non-hydrogen) atoms. The van der Waals surface area contributed by atoms with Crippen LogP contribution in [0, 0.1) is 5.82 Å². The largest absolute Gasteiger partial charge is 0.460 e. The summed E-state index contributed by atoms with van der Waals surface area (Å²) in [5, 5.41) is 5.55. The Morgan fingerprint density at radius 1 is 1.15 bits per heavy atom. The van der Waals surface area contributed by atoms with E-state index < -0.39 is 35.3 Å². The van der Waals surface area contributed by atoms with E-state index in [1.54, 1.807) is 19.1 Å². The predicted octanol–water partition coefficient (Wildman–Crippen LogP) is 3.67. The zero-order valence-electron chi connectivity index (χ0n) is 17.5. The molecule has 2 N–H and O–H groups in total. The molecule has 0 saturated heterocycles. The molecule has 170 valence electrons.